The van der Waals surface area contributed by atoms with Gasteiger partial charge in [0, 0.05) is 5.56 Å². The smallest absolute Gasteiger partial charge is 0.250 e. The molecule has 2 N–H and O–H groups in total. The van der Waals surface area contributed by atoms with Crippen molar-refractivity contribution in [2.75, 3.05) is 0 Å². The fourth-order valence-electron chi connectivity index (χ4n) is 3.00. The normalized spacial score (nSPS) is 15.9. The Balaban J connectivity index is 0.00000182. The van der Waals surface area contributed by atoms with Crippen molar-refractivity contribution >= 4 is 12.4 Å². The average Bonchev–Trinajstić information content (AvgIpc) is 3.30. The van der Waals surface area contributed by atoms with Crippen molar-refractivity contribution in [1.82, 2.24) is 30.3 Å². The van der Waals surface area contributed by atoms with Crippen LogP contribution in [0.4, 0.5) is 0 Å². The van der Waals surface area contributed by atoms with Gasteiger partial charge in [-0.2, -0.15) is 9.78 Å². The molecule has 0 amide bonds. The Morgan fingerprint density at radius 3 is 2.64 bits per heavy atom. The highest BCUT2D eigenvalue weighted by atomic mass is 35.5. The summed E-state index contributed by atoms with van der Waals surface area (Å²) in [5.74, 6) is 1.59. The number of nitrogens with two attached hydrogens (primary N) is 1. The molecule has 4 rings (SSSR count). The number of hydrogen-bond acceptors (Lipinski definition) is 7. The second-order valence-electron chi connectivity index (χ2n) is 6.38. The van der Waals surface area contributed by atoms with Crippen molar-refractivity contribution in [1.29, 1.82) is 0 Å². The van der Waals surface area contributed by atoms with Gasteiger partial charge in [0.15, 0.2) is 5.82 Å². The molecule has 9 heteroatoms. The Morgan fingerprint density at radius 1 is 1.20 bits per heavy atom. The lowest BCUT2D eigenvalue weighted by molar-refractivity contribution is 0.336. The van der Waals surface area contributed by atoms with Crippen LogP contribution < -0.4 is 5.73 Å². The number of tetrazole rings is 1. The summed E-state index contributed by atoms with van der Waals surface area (Å²) < 4.78 is 5.31. The molecule has 1 fully saturated rings. The van der Waals surface area contributed by atoms with Gasteiger partial charge < -0.3 is 10.3 Å². The van der Waals surface area contributed by atoms with Crippen LogP contribution in [0, 0.1) is 6.92 Å². The Labute approximate surface area is 151 Å². The van der Waals surface area contributed by atoms with E-state index in [1.54, 1.807) is 0 Å². The minimum Gasteiger partial charge on any atom is -0.337 e. The number of halogens is 1. The van der Waals surface area contributed by atoms with E-state index in [0.29, 0.717) is 17.5 Å². The third-order valence-electron chi connectivity index (χ3n) is 4.45. The van der Waals surface area contributed by atoms with Gasteiger partial charge in [-0.3, -0.25) is 0 Å². The van der Waals surface area contributed by atoms with Crippen molar-refractivity contribution in [3.63, 3.8) is 0 Å². The van der Waals surface area contributed by atoms with Gasteiger partial charge in [0.25, 0.3) is 0 Å². The Bertz CT molecular complexity index is 836. The van der Waals surface area contributed by atoms with Gasteiger partial charge in [-0.15, -0.1) is 22.6 Å². The molecule has 0 bridgehead atoms. The molecule has 1 saturated carbocycles. The SMILES string of the molecule is Cc1ccc(-c2nnn(Cc3nc(C4(N)CCCC4)no3)n2)cc1.Cl. The van der Waals surface area contributed by atoms with Crippen LogP contribution in [0.15, 0.2) is 28.8 Å². The number of benzene rings is 1. The molecule has 0 saturated heterocycles. The van der Waals surface area contributed by atoms with Gasteiger partial charge in [-0.25, -0.2) is 0 Å². The molecule has 0 unspecified atom stereocenters. The zero-order valence-electron chi connectivity index (χ0n) is 13.9. The van der Waals surface area contributed by atoms with Crippen LogP contribution in [0.5, 0.6) is 0 Å². The summed E-state index contributed by atoms with van der Waals surface area (Å²) in [5.41, 5.74) is 8.00. The van der Waals surface area contributed by atoms with Gasteiger partial charge in [0.2, 0.25) is 11.7 Å². The van der Waals surface area contributed by atoms with E-state index in [1.165, 1.54) is 10.4 Å². The van der Waals surface area contributed by atoms with E-state index in [-0.39, 0.29) is 19.0 Å². The number of hydrogen-bond donors (Lipinski definition) is 1. The van der Waals surface area contributed by atoms with Crippen molar-refractivity contribution in [3.8, 4) is 11.4 Å². The minimum atomic E-state index is -0.454. The van der Waals surface area contributed by atoms with Crippen molar-refractivity contribution in [2.45, 2.75) is 44.7 Å². The first-order valence-electron chi connectivity index (χ1n) is 8.09. The molecule has 0 spiro atoms. The molecule has 2 heterocycles. The summed E-state index contributed by atoms with van der Waals surface area (Å²) in [6.45, 7) is 2.32. The fraction of sp³-hybridized carbons (Fsp3) is 0.438. The monoisotopic (exact) mass is 361 g/mol. The first-order valence-corrected chi connectivity index (χ1v) is 8.09. The highest BCUT2D eigenvalue weighted by Crippen LogP contribution is 2.34. The Kier molecular flexibility index (Phi) is 4.82. The largest absolute Gasteiger partial charge is 0.337 e. The first kappa shape index (κ1) is 17.5. The van der Waals surface area contributed by atoms with Crippen LogP contribution >= 0.6 is 12.4 Å². The summed E-state index contributed by atoms with van der Waals surface area (Å²) in [6.07, 6.45) is 3.99. The van der Waals surface area contributed by atoms with E-state index < -0.39 is 5.54 Å². The van der Waals surface area contributed by atoms with Crippen LogP contribution in [0.2, 0.25) is 0 Å². The maximum absolute atomic E-state index is 6.34. The summed E-state index contributed by atoms with van der Waals surface area (Å²) in [5, 5.41) is 16.5. The molecule has 3 aromatic rings. The van der Waals surface area contributed by atoms with Gasteiger partial charge in [0.05, 0.1) is 5.54 Å². The quantitative estimate of drug-likeness (QED) is 0.758. The molecule has 0 radical (unpaired) electrons. The second kappa shape index (κ2) is 6.89. The summed E-state index contributed by atoms with van der Waals surface area (Å²) in [6, 6.07) is 7.98. The predicted molar refractivity (Wildman–Crippen MR) is 93.0 cm³/mol. The van der Waals surface area contributed by atoms with Crippen LogP contribution in [0.25, 0.3) is 11.4 Å². The van der Waals surface area contributed by atoms with Gasteiger partial charge in [-0.05, 0) is 25.0 Å². The maximum Gasteiger partial charge on any atom is 0.250 e. The Hall–Kier alpha value is -2.32. The fourth-order valence-corrected chi connectivity index (χ4v) is 3.00. The van der Waals surface area contributed by atoms with Crippen LogP contribution in [0.3, 0.4) is 0 Å². The predicted octanol–water partition coefficient (Wildman–Crippen LogP) is 2.23. The van der Waals surface area contributed by atoms with Gasteiger partial charge in [0.1, 0.15) is 6.54 Å². The van der Waals surface area contributed by atoms with Crippen LogP contribution in [-0.4, -0.2) is 30.3 Å². The van der Waals surface area contributed by atoms with E-state index >= 15 is 0 Å². The molecule has 1 aromatic carbocycles. The van der Waals surface area contributed by atoms with Crippen molar-refractivity contribution in [2.24, 2.45) is 5.73 Å². The summed E-state index contributed by atoms with van der Waals surface area (Å²) in [4.78, 5) is 5.87. The zero-order valence-corrected chi connectivity index (χ0v) is 14.7. The van der Waals surface area contributed by atoms with Crippen LogP contribution in [-0.2, 0) is 12.1 Å². The minimum absolute atomic E-state index is 0. The number of aromatic nitrogens is 6. The van der Waals surface area contributed by atoms with E-state index in [0.717, 1.165) is 31.2 Å². The first-order chi connectivity index (χ1) is 11.6. The third-order valence-corrected chi connectivity index (χ3v) is 4.45. The molecule has 25 heavy (non-hydrogen) atoms. The zero-order chi connectivity index (χ0) is 16.6. The third kappa shape index (κ3) is 3.54. The Morgan fingerprint density at radius 2 is 1.92 bits per heavy atom. The lowest BCUT2D eigenvalue weighted by atomic mass is 9.99. The summed E-state index contributed by atoms with van der Waals surface area (Å²) >= 11 is 0. The molecule has 2 aromatic heterocycles. The number of rotatable bonds is 4. The molecule has 8 nitrogen and oxygen atoms in total. The molecular formula is C16H20ClN7O. The molecule has 0 aliphatic heterocycles. The topological polar surface area (TPSA) is 109 Å². The van der Waals surface area contributed by atoms with Crippen molar-refractivity contribution in [3.05, 3.63) is 41.5 Å². The highest BCUT2D eigenvalue weighted by molar-refractivity contribution is 5.85. The maximum atomic E-state index is 6.34. The molecule has 0 atom stereocenters. The lowest BCUT2D eigenvalue weighted by Gasteiger charge is -2.17. The second-order valence-corrected chi connectivity index (χ2v) is 6.38. The molecule has 1 aliphatic rings. The summed E-state index contributed by atoms with van der Waals surface area (Å²) in [7, 11) is 0. The number of aryl methyl sites for hydroxylation is 1. The van der Waals surface area contributed by atoms with E-state index in [4.69, 9.17) is 10.3 Å². The molecule has 1 aliphatic carbocycles. The highest BCUT2D eigenvalue weighted by Gasteiger charge is 2.36. The van der Waals surface area contributed by atoms with Gasteiger partial charge in [-0.1, -0.05) is 47.8 Å². The van der Waals surface area contributed by atoms with Gasteiger partial charge >= 0.3 is 0 Å². The van der Waals surface area contributed by atoms with Crippen LogP contribution in [0.1, 0.15) is 43.0 Å². The molecular weight excluding hydrogens is 342 g/mol. The number of nitrogens with zero attached hydrogens (tertiary/aromatic N) is 6. The van der Waals surface area contributed by atoms with E-state index in [9.17, 15) is 0 Å². The van der Waals surface area contributed by atoms with E-state index in [1.807, 2.05) is 31.2 Å². The standard InChI is InChI=1S/C16H19N7O.ClH/c1-11-4-6-12(7-5-11)14-19-22-23(20-14)10-13-18-15(21-24-13)16(17)8-2-3-9-16;/h4-7H,2-3,8-10,17H2,1H3;1H. The average molecular weight is 362 g/mol. The van der Waals surface area contributed by atoms with E-state index in [2.05, 4.69) is 25.6 Å². The molecule has 132 valence electrons. The lowest BCUT2D eigenvalue weighted by Crippen LogP contribution is -2.34. The van der Waals surface area contributed by atoms with Crippen molar-refractivity contribution < 1.29 is 4.52 Å².